The number of urea groups is 1. The van der Waals surface area contributed by atoms with Crippen molar-refractivity contribution in [1.29, 1.82) is 0 Å². The quantitative estimate of drug-likeness (QED) is 0.606. The van der Waals surface area contributed by atoms with Crippen molar-refractivity contribution in [2.45, 2.75) is 32.4 Å². The van der Waals surface area contributed by atoms with Gasteiger partial charge < -0.3 is 25.5 Å². The molecule has 3 amide bonds. The van der Waals surface area contributed by atoms with Gasteiger partial charge in [-0.3, -0.25) is 4.79 Å². The van der Waals surface area contributed by atoms with Crippen molar-refractivity contribution in [2.24, 2.45) is 0 Å². The fourth-order valence-corrected chi connectivity index (χ4v) is 1.59. The molecule has 0 fully saturated rings. The van der Waals surface area contributed by atoms with Gasteiger partial charge in [-0.1, -0.05) is 0 Å². The first-order valence-electron chi connectivity index (χ1n) is 6.38. The molecular formula is C13H19N3O5. The molecule has 4 N–H and O–H groups in total. The van der Waals surface area contributed by atoms with Crippen LogP contribution in [0.25, 0.3) is 0 Å². The Bertz CT molecular complexity index is 512. The SMILES string of the molecule is CC(C)NC(=O)CNC(=O)NC(C)(C(=O)O)c1ccco1. The largest absolute Gasteiger partial charge is 0.479 e. The average molecular weight is 297 g/mol. The highest BCUT2D eigenvalue weighted by atomic mass is 16.4. The molecule has 0 bridgehead atoms. The van der Waals surface area contributed by atoms with Crippen LogP contribution < -0.4 is 16.0 Å². The smallest absolute Gasteiger partial charge is 0.337 e. The van der Waals surface area contributed by atoms with E-state index in [1.807, 2.05) is 0 Å². The van der Waals surface area contributed by atoms with E-state index in [0.29, 0.717) is 0 Å². The fourth-order valence-electron chi connectivity index (χ4n) is 1.59. The Balaban J connectivity index is 2.63. The normalized spacial score (nSPS) is 13.3. The summed E-state index contributed by atoms with van der Waals surface area (Å²) < 4.78 is 5.04. The lowest BCUT2D eigenvalue weighted by atomic mass is 9.99. The van der Waals surface area contributed by atoms with Gasteiger partial charge in [-0.2, -0.15) is 0 Å². The number of rotatable bonds is 6. The van der Waals surface area contributed by atoms with Crippen LogP contribution in [0.1, 0.15) is 26.5 Å². The summed E-state index contributed by atoms with van der Waals surface area (Å²) in [4.78, 5) is 34.5. The van der Waals surface area contributed by atoms with E-state index in [2.05, 4.69) is 16.0 Å². The van der Waals surface area contributed by atoms with Gasteiger partial charge in [-0.25, -0.2) is 9.59 Å². The summed E-state index contributed by atoms with van der Waals surface area (Å²) in [7, 11) is 0. The number of furan rings is 1. The Labute approximate surface area is 121 Å². The van der Waals surface area contributed by atoms with E-state index >= 15 is 0 Å². The van der Waals surface area contributed by atoms with E-state index < -0.39 is 17.5 Å². The second-order valence-electron chi connectivity index (χ2n) is 4.94. The predicted octanol–water partition coefficient (Wildman–Crippen LogP) is 0.403. The summed E-state index contributed by atoms with van der Waals surface area (Å²) in [6, 6.07) is 2.14. The third-order valence-corrected chi connectivity index (χ3v) is 2.66. The summed E-state index contributed by atoms with van der Waals surface area (Å²) in [5, 5.41) is 16.4. The summed E-state index contributed by atoms with van der Waals surface area (Å²) >= 11 is 0. The second kappa shape index (κ2) is 6.78. The number of hydrogen-bond donors (Lipinski definition) is 4. The molecule has 1 aromatic rings. The van der Waals surface area contributed by atoms with Crippen LogP contribution in [0.3, 0.4) is 0 Å². The number of carboxylic acid groups (broad SMARTS) is 1. The van der Waals surface area contributed by atoms with Gasteiger partial charge in [0.25, 0.3) is 0 Å². The Hall–Kier alpha value is -2.51. The van der Waals surface area contributed by atoms with E-state index in [1.165, 1.54) is 25.3 Å². The van der Waals surface area contributed by atoms with E-state index in [0.717, 1.165) is 0 Å². The zero-order valence-corrected chi connectivity index (χ0v) is 12.1. The van der Waals surface area contributed by atoms with Crippen LogP contribution in [0.15, 0.2) is 22.8 Å². The van der Waals surface area contributed by atoms with Crippen LogP contribution in [0, 0.1) is 0 Å². The van der Waals surface area contributed by atoms with Gasteiger partial charge in [0.15, 0.2) is 5.54 Å². The van der Waals surface area contributed by atoms with E-state index in [-0.39, 0.29) is 24.3 Å². The minimum Gasteiger partial charge on any atom is -0.479 e. The molecule has 1 unspecified atom stereocenters. The van der Waals surface area contributed by atoms with Crippen LogP contribution in [0.2, 0.25) is 0 Å². The topological polar surface area (TPSA) is 121 Å². The van der Waals surface area contributed by atoms with Crippen molar-refractivity contribution in [2.75, 3.05) is 6.54 Å². The molecule has 0 aliphatic carbocycles. The third-order valence-electron chi connectivity index (χ3n) is 2.66. The fraction of sp³-hybridized carbons (Fsp3) is 0.462. The maximum atomic E-state index is 11.7. The predicted molar refractivity (Wildman–Crippen MR) is 73.5 cm³/mol. The maximum absolute atomic E-state index is 11.7. The monoisotopic (exact) mass is 297 g/mol. The van der Waals surface area contributed by atoms with E-state index in [9.17, 15) is 19.5 Å². The summed E-state index contributed by atoms with van der Waals surface area (Å²) in [5.74, 6) is -1.56. The summed E-state index contributed by atoms with van der Waals surface area (Å²) in [6.45, 7) is 4.62. The van der Waals surface area contributed by atoms with Crippen molar-refractivity contribution in [1.82, 2.24) is 16.0 Å². The van der Waals surface area contributed by atoms with Gasteiger partial charge in [0, 0.05) is 6.04 Å². The number of carbonyl (C=O) groups excluding carboxylic acids is 2. The molecule has 0 aliphatic heterocycles. The Morgan fingerprint density at radius 2 is 2.05 bits per heavy atom. The average Bonchev–Trinajstić information content (AvgIpc) is 2.89. The lowest BCUT2D eigenvalue weighted by Crippen LogP contribution is -2.54. The highest BCUT2D eigenvalue weighted by Crippen LogP contribution is 2.21. The standard InChI is InChI=1S/C13H19N3O5/c1-8(2)15-10(17)7-14-12(20)16-13(3,11(18)19)9-5-4-6-21-9/h4-6,8H,7H2,1-3H3,(H,15,17)(H,18,19)(H2,14,16,20). The summed E-state index contributed by atoms with van der Waals surface area (Å²) in [6.07, 6.45) is 1.31. The molecule has 0 spiro atoms. The molecule has 116 valence electrons. The van der Waals surface area contributed by atoms with Crippen molar-refractivity contribution >= 4 is 17.9 Å². The summed E-state index contributed by atoms with van der Waals surface area (Å²) in [5.41, 5.74) is -1.72. The molecule has 1 atom stereocenters. The Morgan fingerprint density at radius 3 is 2.52 bits per heavy atom. The highest BCUT2D eigenvalue weighted by Gasteiger charge is 2.39. The molecule has 0 radical (unpaired) electrons. The molecule has 0 aliphatic rings. The van der Waals surface area contributed by atoms with Crippen LogP contribution in [0.4, 0.5) is 4.79 Å². The van der Waals surface area contributed by atoms with Crippen molar-refractivity contribution < 1.29 is 23.9 Å². The lowest BCUT2D eigenvalue weighted by molar-refractivity contribution is -0.144. The van der Waals surface area contributed by atoms with Crippen molar-refractivity contribution in [3.63, 3.8) is 0 Å². The van der Waals surface area contributed by atoms with Crippen molar-refractivity contribution in [3.05, 3.63) is 24.2 Å². The molecule has 0 saturated carbocycles. The number of aliphatic carboxylic acids is 1. The zero-order valence-electron chi connectivity index (χ0n) is 12.1. The number of carboxylic acids is 1. The van der Waals surface area contributed by atoms with E-state index in [4.69, 9.17) is 4.42 Å². The van der Waals surface area contributed by atoms with Gasteiger partial charge in [-0.05, 0) is 32.9 Å². The minimum atomic E-state index is -1.72. The van der Waals surface area contributed by atoms with E-state index in [1.54, 1.807) is 13.8 Å². The molecule has 8 heteroatoms. The van der Waals surface area contributed by atoms with Crippen LogP contribution in [-0.2, 0) is 15.1 Å². The van der Waals surface area contributed by atoms with Gasteiger partial charge >= 0.3 is 12.0 Å². The van der Waals surface area contributed by atoms with Crippen LogP contribution >= 0.6 is 0 Å². The molecule has 0 saturated heterocycles. The molecule has 8 nitrogen and oxygen atoms in total. The van der Waals surface area contributed by atoms with Gasteiger partial charge in [0.05, 0.1) is 12.8 Å². The first-order chi connectivity index (χ1) is 9.75. The molecular weight excluding hydrogens is 278 g/mol. The van der Waals surface area contributed by atoms with Gasteiger partial charge in [-0.15, -0.1) is 0 Å². The molecule has 1 heterocycles. The van der Waals surface area contributed by atoms with Crippen molar-refractivity contribution in [3.8, 4) is 0 Å². The first kappa shape index (κ1) is 16.5. The number of amides is 3. The Morgan fingerprint density at radius 1 is 1.38 bits per heavy atom. The molecule has 21 heavy (non-hydrogen) atoms. The zero-order chi connectivity index (χ0) is 16.0. The van der Waals surface area contributed by atoms with Crippen LogP contribution in [-0.4, -0.2) is 35.6 Å². The molecule has 1 rings (SSSR count). The number of nitrogens with one attached hydrogen (secondary N) is 3. The van der Waals surface area contributed by atoms with Gasteiger partial charge in [0.2, 0.25) is 5.91 Å². The van der Waals surface area contributed by atoms with Crippen LogP contribution in [0.5, 0.6) is 0 Å². The highest BCUT2D eigenvalue weighted by molar-refractivity contribution is 5.88. The first-order valence-corrected chi connectivity index (χ1v) is 6.38. The number of hydrogen-bond acceptors (Lipinski definition) is 4. The second-order valence-corrected chi connectivity index (χ2v) is 4.94. The molecule has 1 aromatic heterocycles. The third kappa shape index (κ3) is 4.51. The Kier molecular flexibility index (Phi) is 5.34. The molecule has 0 aromatic carbocycles. The minimum absolute atomic E-state index is 0.0465. The van der Waals surface area contributed by atoms with Gasteiger partial charge in [0.1, 0.15) is 5.76 Å². The number of carbonyl (C=O) groups is 3. The lowest BCUT2D eigenvalue weighted by Gasteiger charge is -2.24. The maximum Gasteiger partial charge on any atom is 0.337 e.